The van der Waals surface area contributed by atoms with Gasteiger partial charge in [0.1, 0.15) is 20.8 Å². The summed E-state index contributed by atoms with van der Waals surface area (Å²) in [4.78, 5) is 27.8. The Labute approximate surface area is 196 Å². The summed E-state index contributed by atoms with van der Waals surface area (Å²) >= 11 is 4.08. The van der Waals surface area contributed by atoms with Crippen LogP contribution in [0.5, 0.6) is 0 Å². The van der Waals surface area contributed by atoms with Gasteiger partial charge < -0.3 is 25.4 Å². The average Bonchev–Trinajstić information content (AvgIpc) is 2.97. The van der Waals surface area contributed by atoms with Crippen LogP contribution in [0.4, 0.5) is 14.7 Å². The molecule has 31 heavy (non-hydrogen) atoms. The van der Waals surface area contributed by atoms with Crippen LogP contribution < -0.4 is 16.0 Å². The van der Waals surface area contributed by atoms with Gasteiger partial charge in [-0.15, -0.1) is 0 Å². The number of rotatable bonds is 10. The van der Waals surface area contributed by atoms with E-state index < -0.39 is 23.4 Å². The van der Waals surface area contributed by atoms with Crippen LogP contribution in [-0.4, -0.2) is 53.8 Å². The second kappa shape index (κ2) is 12.9. The standard InChI is InChI=1S/C19H31N5O4S3/c1-18(2,3)27-16(25)22-8-7-21-15-24-13(14(31-15)30-12-20)11-29-10-9-23-17(26)28-19(4,5)6/h7-11H2,1-6H3,(H,21,24)(H,22,25)(H,23,26). The number of hydrogen-bond acceptors (Lipinski definition) is 10. The zero-order valence-electron chi connectivity index (χ0n) is 18.8. The number of ether oxygens (including phenoxy) is 2. The van der Waals surface area contributed by atoms with Gasteiger partial charge in [0.05, 0.1) is 5.69 Å². The summed E-state index contributed by atoms with van der Waals surface area (Å²) in [6, 6.07) is 0. The highest BCUT2D eigenvalue weighted by atomic mass is 32.2. The fraction of sp³-hybridized carbons (Fsp3) is 0.684. The first kappa shape index (κ1) is 27.2. The van der Waals surface area contributed by atoms with Crippen molar-refractivity contribution in [3.63, 3.8) is 0 Å². The zero-order chi connectivity index (χ0) is 23.5. The maximum absolute atomic E-state index is 11.6. The van der Waals surface area contributed by atoms with Crippen LogP contribution >= 0.6 is 34.9 Å². The van der Waals surface area contributed by atoms with Crippen molar-refractivity contribution in [1.29, 1.82) is 5.26 Å². The van der Waals surface area contributed by atoms with Crippen LogP contribution in [0.3, 0.4) is 0 Å². The lowest BCUT2D eigenvalue weighted by Crippen LogP contribution is -2.34. The monoisotopic (exact) mass is 489 g/mol. The minimum atomic E-state index is -0.536. The van der Waals surface area contributed by atoms with Crippen LogP contribution in [-0.2, 0) is 15.2 Å². The molecule has 0 unspecified atom stereocenters. The summed E-state index contributed by atoms with van der Waals surface area (Å²) in [5.41, 5.74) is -0.236. The molecule has 0 bridgehead atoms. The van der Waals surface area contributed by atoms with Crippen molar-refractivity contribution < 1.29 is 19.1 Å². The molecule has 0 saturated carbocycles. The Morgan fingerprint density at radius 2 is 1.61 bits per heavy atom. The van der Waals surface area contributed by atoms with Crippen molar-refractivity contribution in [2.24, 2.45) is 0 Å². The molecule has 0 spiro atoms. The number of carbonyl (C=O) groups is 2. The average molecular weight is 490 g/mol. The first-order valence-corrected chi connectivity index (χ1v) is 12.5. The van der Waals surface area contributed by atoms with Crippen LogP contribution in [0.1, 0.15) is 47.2 Å². The van der Waals surface area contributed by atoms with Crippen molar-refractivity contribution >= 4 is 52.2 Å². The fourth-order valence-corrected chi connectivity index (χ4v) is 4.53. The number of thiocyanates is 1. The molecular formula is C19H31N5O4S3. The minimum Gasteiger partial charge on any atom is -0.444 e. The third-order valence-electron chi connectivity index (χ3n) is 3.02. The number of thioether (sulfide) groups is 2. The van der Waals surface area contributed by atoms with Gasteiger partial charge in [-0.05, 0) is 41.5 Å². The molecule has 12 heteroatoms. The first-order chi connectivity index (χ1) is 14.4. The molecule has 0 aliphatic carbocycles. The molecule has 0 fully saturated rings. The molecule has 0 aliphatic rings. The summed E-state index contributed by atoms with van der Waals surface area (Å²) in [6.45, 7) is 12.2. The lowest BCUT2D eigenvalue weighted by atomic mass is 10.2. The third-order valence-corrected chi connectivity index (χ3v) is 5.86. The van der Waals surface area contributed by atoms with E-state index in [0.29, 0.717) is 36.3 Å². The predicted molar refractivity (Wildman–Crippen MR) is 127 cm³/mol. The fourth-order valence-electron chi connectivity index (χ4n) is 1.98. The number of thiazole rings is 1. The number of amides is 2. The molecule has 0 saturated heterocycles. The Balaban J connectivity index is 2.39. The summed E-state index contributed by atoms with van der Waals surface area (Å²) < 4.78 is 11.2. The van der Waals surface area contributed by atoms with E-state index in [2.05, 4.69) is 26.3 Å². The van der Waals surface area contributed by atoms with Gasteiger partial charge in [-0.25, -0.2) is 14.6 Å². The van der Waals surface area contributed by atoms with Gasteiger partial charge in [0.15, 0.2) is 5.13 Å². The molecule has 9 nitrogen and oxygen atoms in total. The van der Waals surface area contributed by atoms with Crippen molar-refractivity contribution in [3.8, 4) is 5.40 Å². The van der Waals surface area contributed by atoms with Gasteiger partial charge in [0.25, 0.3) is 0 Å². The van der Waals surface area contributed by atoms with Gasteiger partial charge in [-0.3, -0.25) is 0 Å². The molecule has 2 amide bonds. The van der Waals surface area contributed by atoms with E-state index in [1.54, 1.807) is 11.8 Å². The summed E-state index contributed by atoms with van der Waals surface area (Å²) in [5.74, 6) is 1.31. The van der Waals surface area contributed by atoms with E-state index in [1.807, 2.05) is 41.5 Å². The normalized spacial score (nSPS) is 11.4. The van der Waals surface area contributed by atoms with E-state index in [9.17, 15) is 9.59 Å². The summed E-state index contributed by atoms with van der Waals surface area (Å²) in [5, 5.41) is 20.3. The molecule has 1 aromatic rings. The second-order valence-electron chi connectivity index (χ2n) is 8.28. The molecular weight excluding hydrogens is 458 g/mol. The van der Waals surface area contributed by atoms with E-state index in [1.165, 1.54) is 11.3 Å². The molecule has 0 atom stereocenters. The minimum absolute atomic E-state index is 0.385. The van der Waals surface area contributed by atoms with Crippen LogP contribution in [0, 0.1) is 10.7 Å². The number of carbonyl (C=O) groups excluding carboxylic acids is 2. The Morgan fingerprint density at radius 1 is 1.03 bits per heavy atom. The Bertz CT molecular complexity index is 766. The highest BCUT2D eigenvalue weighted by Crippen LogP contribution is 2.33. The highest BCUT2D eigenvalue weighted by Gasteiger charge is 2.17. The maximum atomic E-state index is 11.6. The maximum Gasteiger partial charge on any atom is 0.407 e. The number of aromatic nitrogens is 1. The van der Waals surface area contributed by atoms with E-state index in [4.69, 9.17) is 14.7 Å². The predicted octanol–water partition coefficient (Wildman–Crippen LogP) is 4.41. The smallest absolute Gasteiger partial charge is 0.407 e. The molecule has 1 rings (SSSR count). The van der Waals surface area contributed by atoms with Gasteiger partial charge in [0.2, 0.25) is 0 Å². The van der Waals surface area contributed by atoms with Crippen molar-refractivity contribution in [2.45, 2.75) is 62.7 Å². The van der Waals surface area contributed by atoms with Crippen molar-refractivity contribution in [1.82, 2.24) is 15.6 Å². The van der Waals surface area contributed by atoms with E-state index >= 15 is 0 Å². The number of nitrogens with zero attached hydrogens (tertiary/aromatic N) is 2. The van der Waals surface area contributed by atoms with Gasteiger partial charge in [-0.1, -0.05) is 11.3 Å². The number of alkyl carbamates (subject to hydrolysis) is 2. The van der Waals surface area contributed by atoms with Crippen LogP contribution in [0.15, 0.2) is 4.21 Å². The lowest BCUT2D eigenvalue weighted by molar-refractivity contribution is 0.0519. The van der Waals surface area contributed by atoms with Crippen LogP contribution in [0.2, 0.25) is 0 Å². The molecule has 0 radical (unpaired) electrons. The van der Waals surface area contributed by atoms with Crippen molar-refractivity contribution in [2.75, 3.05) is 30.7 Å². The van der Waals surface area contributed by atoms with E-state index in [0.717, 1.165) is 21.7 Å². The lowest BCUT2D eigenvalue weighted by Gasteiger charge is -2.19. The number of hydrogen-bond donors (Lipinski definition) is 3. The highest BCUT2D eigenvalue weighted by molar-refractivity contribution is 8.05. The quantitative estimate of drug-likeness (QED) is 0.249. The summed E-state index contributed by atoms with van der Waals surface area (Å²) in [7, 11) is 0. The Kier molecular flexibility index (Phi) is 11.3. The van der Waals surface area contributed by atoms with Crippen LogP contribution in [0.25, 0.3) is 0 Å². The van der Waals surface area contributed by atoms with Gasteiger partial charge in [-0.2, -0.15) is 17.0 Å². The second-order valence-corrected chi connectivity index (χ2v) is 11.4. The molecule has 0 aliphatic heterocycles. The third kappa shape index (κ3) is 13.2. The Morgan fingerprint density at radius 3 is 2.16 bits per heavy atom. The molecule has 3 N–H and O–H groups in total. The molecule has 1 aromatic heterocycles. The van der Waals surface area contributed by atoms with E-state index in [-0.39, 0.29) is 0 Å². The number of anilines is 1. The largest absolute Gasteiger partial charge is 0.444 e. The molecule has 0 aromatic carbocycles. The molecule has 174 valence electrons. The first-order valence-electron chi connectivity index (χ1n) is 9.70. The SMILES string of the molecule is CC(C)(C)OC(=O)NCCNc1nc(CSCCNC(=O)OC(C)(C)C)c(SC#N)s1. The summed E-state index contributed by atoms with van der Waals surface area (Å²) in [6.07, 6.45) is -0.903. The zero-order valence-corrected chi connectivity index (χ0v) is 21.2. The van der Waals surface area contributed by atoms with Gasteiger partial charge in [0, 0.05) is 42.9 Å². The Hall–Kier alpha value is -1.84. The molecule has 1 heterocycles. The topological polar surface area (TPSA) is 125 Å². The van der Waals surface area contributed by atoms with Crippen molar-refractivity contribution in [3.05, 3.63) is 5.69 Å². The van der Waals surface area contributed by atoms with Gasteiger partial charge >= 0.3 is 12.2 Å². The number of nitriles is 1. The number of nitrogens with one attached hydrogen (secondary N) is 3.